The van der Waals surface area contributed by atoms with E-state index in [1.54, 1.807) is 27.0 Å². The Kier molecular flexibility index (Phi) is 13.2. The number of rotatable bonds is 10. The number of pyridine rings is 1. The molecule has 1 aromatic heterocycles. The van der Waals surface area contributed by atoms with E-state index in [-0.39, 0.29) is 25.7 Å². The number of nitrogens with one attached hydrogen (secondary N) is 3. The lowest BCUT2D eigenvalue weighted by molar-refractivity contribution is -0.142. The van der Waals surface area contributed by atoms with Crippen LogP contribution in [0.4, 0.5) is 4.79 Å². The lowest BCUT2D eigenvalue weighted by Crippen LogP contribution is -2.51. The van der Waals surface area contributed by atoms with Gasteiger partial charge in [0.05, 0.1) is 12.1 Å². The number of alkyl carbamates (subject to hydrolysis) is 1. The molecule has 1 unspecified atom stereocenters. The summed E-state index contributed by atoms with van der Waals surface area (Å²) < 4.78 is 14.9. The van der Waals surface area contributed by atoms with Gasteiger partial charge < -0.3 is 30.2 Å². The van der Waals surface area contributed by atoms with Crippen molar-refractivity contribution in [1.82, 2.24) is 20.9 Å². The largest absolute Gasteiger partial charge is 0.461 e. The number of carbonyl (C=O) groups excluding carboxylic acids is 4. The summed E-state index contributed by atoms with van der Waals surface area (Å²) >= 11 is 0. The zero-order chi connectivity index (χ0) is 30.3. The predicted molar refractivity (Wildman–Crippen MR) is 154 cm³/mol. The van der Waals surface area contributed by atoms with Crippen LogP contribution in [0.3, 0.4) is 0 Å². The second-order valence-electron chi connectivity index (χ2n) is 9.91. The Balaban J connectivity index is 0.000000446. The molecule has 0 aliphatic heterocycles. The van der Waals surface area contributed by atoms with Gasteiger partial charge in [-0.05, 0) is 38.0 Å². The molecule has 3 amide bonds. The van der Waals surface area contributed by atoms with Crippen LogP contribution >= 0.6 is 0 Å². The molecular formula is C30H38N4O7. The van der Waals surface area contributed by atoms with Crippen LogP contribution in [0.15, 0.2) is 66.9 Å². The first-order chi connectivity index (χ1) is 19.5. The molecule has 0 fully saturated rings. The Morgan fingerprint density at radius 1 is 0.927 bits per heavy atom. The molecule has 3 N–H and O–H groups in total. The van der Waals surface area contributed by atoms with Crippen LogP contribution in [0.5, 0.6) is 0 Å². The number of carbonyl (C=O) groups is 4. The highest BCUT2D eigenvalue weighted by Gasteiger charge is 2.22. The summed E-state index contributed by atoms with van der Waals surface area (Å²) in [4.78, 5) is 51.1. The van der Waals surface area contributed by atoms with Gasteiger partial charge in [0.1, 0.15) is 24.8 Å². The van der Waals surface area contributed by atoms with Crippen molar-refractivity contribution in [3.8, 4) is 0 Å². The summed E-state index contributed by atoms with van der Waals surface area (Å²) in [5, 5.41) is 8.66. The molecule has 0 aliphatic rings. The SMILES string of the molecule is CC(=O)OCc1ccccc1.COCC(NC(=O)CNC(=O)OC(C)(C)C)C(=O)NCc1cccc2cccnc12. The summed E-state index contributed by atoms with van der Waals surface area (Å²) in [6.07, 6.45) is 0.980. The number of fused-ring (bicyclic) bond motifs is 1. The number of esters is 1. The average Bonchev–Trinajstić information content (AvgIpc) is 2.93. The normalized spacial score (nSPS) is 11.3. The maximum absolute atomic E-state index is 12.6. The lowest BCUT2D eigenvalue weighted by atomic mass is 10.1. The van der Waals surface area contributed by atoms with Gasteiger partial charge in [0.15, 0.2) is 0 Å². The van der Waals surface area contributed by atoms with Crippen molar-refractivity contribution in [2.75, 3.05) is 20.3 Å². The highest BCUT2D eigenvalue weighted by Crippen LogP contribution is 2.15. The molecule has 220 valence electrons. The second-order valence-corrected chi connectivity index (χ2v) is 9.91. The van der Waals surface area contributed by atoms with E-state index in [9.17, 15) is 19.2 Å². The van der Waals surface area contributed by atoms with Gasteiger partial charge in [-0.1, -0.05) is 54.6 Å². The quantitative estimate of drug-likeness (QED) is 0.317. The fourth-order valence-corrected chi connectivity index (χ4v) is 3.44. The number of hydrogen-bond acceptors (Lipinski definition) is 8. The highest BCUT2D eigenvalue weighted by molar-refractivity contribution is 5.90. The fraction of sp³-hybridized carbons (Fsp3) is 0.367. The van der Waals surface area contributed by atoms with Gasteiger partial charge in [-0.3, -0.25) is 19.4 Å². The Labute approximate surface area is 240 Å². The predicted octanol–water partition coefficient (Wildman–Crippen LogP) is 3.26. The van der Waals surface area contributed by atoms with Crippen LogP contribution in [-0.2, 0) is 41.7 Å². The first kappa shape index (κ1) is 32.7. The number of benzene rings is 2. The van der Waals surface area contributed by atoms with E-state index in [2.05, 4.69) is 20.9 Å². The summed E-state index contributed by atoms with van der Waals surface area (Å²) in [5.41, 5.74) is 2.00. The van der Waals surface area contributed by atoms with Gasteiger partial charge >= 0.3 is 12.1 Å². The highest BCUT2D eigenvalue weighted by atomic mass is 16.6. The van der Waals surface area contributed by atoms with E-state index in [1.807, 2.05) is 60.7 Å². The molecule has 1 heterocycles. The number of methoxy groups -OCH3 is 1. The van der Waals surface area contributed by atoms with Gasteiger partial charge in [0, 0.05) is 32.2 Å². The van der Waals surface area contributed by atoms with Crippen molar-refractivity contribution in [2.45, 2.75) is 52.5 Å². The van der Waals surface area contributed by atoms with Crippen LogP contribution in [0.2, 0.25) is 0 Å². The van der Waals surface area contributed by atoms with Crippen LogP contribution in [-0.4, -0.2) is 60.8 Å². The minimum absolute atomic E-state index is 0.0161. The summed E-state index contributed by atoms with van der Waals surface area (Å²) in [6.45, 7) is 6.84. The van der Waals surface area contributed by atoms with Crippen LogP contribution in [0.1, 0.15) is 38.8 Å². The monoisotopic (exact) mass is 566 g/mol. The van der Waals surface area contributed by atoms with E-state index in [1.165, 1.54) is 14.0 Å². The van der Waals surface area contributed by atoms with Gasteiger partial charge in [-0.25, -0.2) is 4.79 Å². The Bertz CT molecular complexity index is 1290. The Morgan fingerprint density at radius 3 is 2.29 bits per heavy atom. The number of amides is 3. The van der Waals surface area contributed by atoms with Gasteiger partial charge in [0.2, 0.25) is 11.8 Å². The minimum Gasteiger partial charge on any atom is -0.461 e. The Hall–Kier alpha value is -4.51. The summed E-state index contributed by atoms with van der Waals surface area (Å²) in [7, 11) is 1.43. The number of aromatic nitrogens is 1. The van der Waals surface area contributed by atoms with Gasteiger partial charge in [0.25, 0.3) is 0 Å². The van der Waals surface area contributed by atoms with Crippen molar-refractivity contribution in [3.63, 3.8) is 0 Å². The van der Waals surface area contributed by atoms with E-state index in [0.717, 1.165) is 22.0 Å². The standard InChI is InChI=1S/C21H28N4O5.C9H10O2/c1-21(2,3)30-20(28)24-12-17(26)25-16(13-29-4)19(27)23-11-15-8-5-7-14-9-6-10-22-18(14)15;1-8(10)11-7-9-5-3-2-4-6-9/h5-10,16H,11-13H2,1-4H3,(H,23,27)(H,24,28)(H,25,26);2-6H,7H2,1H3. The maximum Gasteiger partial charge on any atom is 0.408 e. The molecule has 0 radical (unpaired) electrons. The van der Waals surface area contributed by atoms with Crippen molar-refractivity contribution in [3.05, 3.63) is 78.0 Å². The zero-order valence-electron chi connectivity index (χ0n) is 24.1. The van der Waals surface area contributed by atoms with Gasteiger partial charge in [-0.15, -0.1) is 0 Å². The van der Waals surface area contributed by atoms with E-state index >= 15 is 0 Å². The van der Waals surface area contributed by atoms with Crippen molar-refractivity contribution in [1.29, 1.82) is 0 Å². The molecule has 41 heavy (non-hydrogen) atoms. The smallest absolute Gasteiger partial charge is 0.408 e. The molecule has 3 rings (SSSR count). The first-order valence-corrected chi connectivity index (χ1v) is 13.0. The van der Waals surface area contributed by atoms with Gasteiger partial charge in [-0.2, -0.15) is 0 Å². The number of hydrogen-bond donors (Lipinski definition) is 3. The zero-order valence-corrected chi connectivity index (χ0v) is 24.1. The molecular weight excluding hydrogens is 528 g/mol. The molecule has 2 aromatic carbocycles. The molecule has 3 aromatic rings. The molecule has 0 aliphatic carbocycles. The molecule has 0 bridgehead atoms. The molecule has 0 saturated carbocycles. The number of nitrogens with zero attached hydrogens (tertiary/aromatic N) is 1. The van der Waals surface area contributed by atoms with Crippen LogP contribution in [0, 0.1) is 0 Å². The van der Waals surface area contributed by atoms with Crippen LogP contribution < -0.4 is 16.0 Å². The third kappa shape index (κ3) is 12.9. The van der Waals surface area contributed by atoms with Crippen molar-refractivity contribution < 1.29 is 33.4 Å². The van der Waals surface area contributed by atoms with E-state index in [0.29, 0.717) is 6.61 Å². The maximum atomic E-state index is 12.6. The third-order valence-electron chi connectivity index (χ3n) is 5.23. The topological polar surface area (TPSA) is 145 Å². The molecule has 0 spiro atoms. The molecule has 1 atom stereocenters. The van der Waals surface area contributed by atoms with Crippen molar-refractivity contribution in [2.24, 2.45) is 0 Å². The average molecular weight is 567 g/mol. The molecule has 0 saturated heterocycles. The summed E-state index contributed by atoms with van der Waals surface area (Å²) in [6, 6.07) is 18.2. The van der Waals surface area contributed by atoms with Crippen LogP contribution in [0.25, 0.3) is 10.9 Å². The number of para-hydroxylation sites is 1. The fourth-order valence-electron chi connectivity index (χ4n) is 3.44. The Morgan fingerprint density at radius 2 is 1.63 bits per heavy atom. The van der Waals surface area contributed by atoms with E-state index < -0.39 is 29.6 Å². The minimum atomic E-state index is -0.911. The molecule has 11 nitrogen and oxygen atoms in total. The molecule has 11 heteroatoms. The summed E-state index contributed by atoms with van der Waals surface area (Å²) in [5.74, 6) is -1.19. The van der Waals surface area contributed by atoms with Crippen molar-refractivity contribution >= 4 is 34.8 Å². The second kappa shape index (κ2) is 16.6. The first-order valence-electron chi connectivity index (χ1n) is 13.0. The third-order valence-corrected chi connectivity index (χ3v) is 5.23. The lowest BCUT2D eigenvalue weighted by Gasteiger charge is -2.20. The van der Waals surface area contributed by atoms with E-state index in [4.69, 9.17) is 14.2 Å². The number of ether oxygens (including phenoxy) is 3.